The SMILES string of the molecule is N#C/C(=C\c1ccc([N+](=O)[O-])cc1)C(=O)Nc1ncc(Cc2ccccc2)s1. The van der Waals surface area contributed by atoms with Gasteiger partial charge in [0.15, 0.2) is 5.13 Å². The Labute approximate surface area is 164 Å². The Morgan fingerprint density at radius 2 is 1.93 bits per heavy atom. The summed E-state index contributed by atoms with van der Waals surface area (Å²) < 4.78 is 0. The standard InChI is InChI=1S/C20H14N4O3S/c21-12-16(10-15-6-8-17(9-7-15)24(26)27)19(25)23-20-22-13-18(28-20)11-14-4-2-1-3-5-14/h1-10,13H,11H2,(H,22,23,25)/b16-10+. The molecular formula is C20H14N4O3S. The molecule has 0 radical (unpaired) electrons. The number of benzene rings is 2. The average molecular weight is 390 g/mol. The van der Waals surface area contributed by atoms with Gasteiger partial charge in [-0.1, -0.05) is 30.3 Å². The summed E-state index contributed by atoms with van der Waals surface area (Å²) in [5.41, 5.74) is 1.48. The molecule has 0 saturated carbocycles. The lowest BCUT2D eigenvalue weighted by Gasteiger charge is -2.00. The molecule has 8 heteroatoms. The van der Waals surface area contributed by atoms with Crippen LogP contribution in [0.5, 0.6) is 0 Å². The van der Waals surface area contributed by atoms with Crippen LogP contribution in [0.25, 0.3) is 6.08 Å². The lowest BCUT2D eigenvalue weighted by atomic mass is 10.1. The number of hydrogen-bond donors (Lipinski definition) is 1. The molecule has 7 nitrogen and oxygen atoms in total. The van der Waals surface area contributed by atoms with E-state index in [1.807, 2.05) is 36.4 Å². The van der Waals surface area contributed by atoms with Crippen molar-refractivity contribution in [2.45, 2.75) is 6.42 Å². The van der Waals surface area contributed by atoms with E-state index in [0.717, 1.165) is 10.4 Å². The fraction of sp³-hybridized carbons (Fsp3) is 0.0500. The van der Waals surface area contributed by atoms with Gasteiger partial charge in [-0.25, -0.2) is 4.98 Å². The molecule has 0 aliphatic heterocycles. The summed E-state index contributed by atoms with van der Waals surface area (Å²) in [5.74, 6) is -0.582. The van der Waals surface area contributed by atoms with Crippen LogP contribution in [0, 0.1) is 21.4 Å². The highest BCUT2D eigenvalue weighted by Gasteiger charge is 2.13. The maximum Gasteiger partial charge on any atom is 0.269 e. The number of non-ortho nitro benzene ring substituents is 1. The zero-order valence-corrected chi connectivity index (χ0v) is 15.3. The summed E-state index contributed by atoms with van der Waals surface area (Å²) in [4.78, 5) is 27.7. The van der Waals surface area contributed by atoms with Gasteiger partial charge in [-0.05, 0) is 29.3 Å². The number of nitro groups is 1. The first-order valence-electron chi connectivity index (χ1n) is 8.21. The maximum absolute atomic E-state index is 12.3. The van der Waals surface area contributed by atoms with E-state index in [9.17, 15) is 20.2 Å². The van der Waals surface area contributed by atoms with E-state index in [0.29, 0.717) is 17.1 Å². The summed E-state index contributed by atoms with van der Waals surface area (Å²) in [6.45, 7) is 0. The number of anilines is 1. The van der Waals surface area contributed by atoms with Gasteiger partial charge in [0.2, 0.25) is 0 Å². The highest BCUT2D eigenvalue weighted by atomic mass is 32.1. The minimum Gasteiger partial charge on any atom is -0.297 e. The minimum atomic E-state index is -0.582. The third kappa shape index (κ3) is 4.87. The van der Waals surface area contributed by atoms with E-state index in [2.05, 4.69) is 10.3 Å². The third-order valence-corrected chi connectivity index (χ3v) is 4.69. The van der Waals surface area contributed by atoms with Crippen LogP contribution >= 0.6 is 11.3 Å². The second kappa shape index (κ2) is 8.70. The Morgan fingerprint density at radius 3 is 2.57 bits per heavy atom. The van der Waals surface area contributed by atoms with E-state index in [1.165, 1.54) is 41.7 Å². The van der Waals surface area contributed by atoms with Gasteiger partial charge >= 0.3 is 0 Å². The molecule has 1 aromatic heterocycles. The van der Waals surface area contributed by atoms with E-state index >= 15 is 0 Å². The molecule has 0 aliphatic rings. The van der Waals surface area contributed by atoms with Gasteiger partial charge in [-0.15, -0.1) is 11.3 Å². The van der Waals surface area contributed by atoms with Crippen molar-refractivity contribution in [2.24, 2.45) is 0 Å². The number of carbonyl (C=O) groups is 1. The molecule has 0 bridgehead atoms. The van der Waals surface area contributed by atoms with Gasteiger partial charge in [0.05, 0.1) is 4.92 Å². The zero-order valence-electron chi connectivity index (χ0n) is 14.5. The number of nitro benzene ring substituents is 1. The third-order valence-electron chi connectivity index (χ3n) is 3.78. The lowest BCUT2D eigenvalue weighted by molar-refractivity contribution is -0.384. The van der Waals surface area contributed by atoms with Crippen molar-refractivity contribution in [1.82, 2.24) is 4.98 Å². The second-order valence-corrected chi connectivity index (χ2v) is 6.88. The summed E-state index contributed by atoms with van der Waals surface area (Å²) in [6.07, 6.45) is 3.77. The first kappa shape index (κ1) is 18.9. The number of nitriles is 1. The Bertz CT molecular complexity index is 1070. The Kier molecular flexibility index (Phi) is 5.89. The molecule has 2 aromatic carbocycles. The van der Waals surface area contributed by atoms with E-state index in [4.69, 9.17) is 0 Å². The topological polar surface area (TPSA) is 109 Å². The van der Waals surface area contributed by atoms with Crippen LogP contribution in [0.15, 0.2) is 66.4 Å². The number of nitrogens with one attached hydrogen (secondary N) is 1. The van der Waals surface area contributed by atoms with Crippen molar-refractivity contribution >= 4 is 34.1 Å². The number of aromatic nitrogens is 1. The van der Waals surface area contributed by atoms with Crippen LogP contribution in [-0.2, 0) is 11.2 Å². The van der Waals surface area contributed by atoms with Crippen molar-refractivity contribution in [3.63, 3.8) is 0 Å². The molecule has 0 aliphatic carbocycles. The van der Waals surface area contributed by atoms with Gasteiger partial charge in [-0.2, -0.15) is 5.26 Å². The number of thiazole rings is 1. The molecule has 3 aromatic rings. The largest absolute Gasteiger partial charge is 0.297 e. The Morgan fingerprint density at radius 1 is 1.21 bits per heavy atom. The molecule has 1 heterocycles. The zero-order chi connectivity index (χ0) is 19.9. The maximum atomic E-state index is 12.3. The quantitative estimate of drug-likeness (QED) is 0.294. The summed E-state index contributed by atoms with van der Waals surface area (Å²) in [5, 5.41) is 23.0. The monoisotopic (exact) mass is 390 g/mol. The van der Waals surface area contributed by atoms with Crippen LogP contribution in [0.1, 0.15) is 16.0 Å². The number of rotatable bonds is 6. The molecule has 0 saturated heterocycles. The van der Waals surface area contributed by atoms with Crippen molar-refractivity contribution in [3.05, 3.63) is 92.5 Å². The molecular weight excluding hydrogens is 376 g/mol. The molecule has 138 valence electrons. The van der Waals surface area contributed by atoms with Gasteiger partial charge in [0, 0.05) is 29.6 Å². The number of carbonyl (C=O) groups excluding carboxylic acids is 1. The first-order valence-corrected chi connectivity index (χ1v) is 9.03. The molecule has 0 unspecified atom stereocenters. The minimum absolute atomic E-state index is 0.0613. The van der Waals surface area contributed by atoms with Gasteiger partial charge in [0.25, 0.3) is 11.6 Å². The lowest BCUT2D eigenvalue weighted by Crippen LogP contribution is -2.13. The Balaban J connectivity index is 1.69. The van der Waals surface area contributed by atoms with Crippen molar-refractivity contribution in [3.8, 4) is 6.07 Å². The predicted molar refractivity (Wildman–Crippen MR) is 107 cm³/mol. The number of amides is 1. The molecule has 28 heavy (non-hydrogen) atoms. The molecule has 1 amide bonds. The normalized spacial score (nSPS) is 10.9. The molecule has 1 N–H and O–H groups in total. The number of nitrogens with zero attached hydrogens (tertiary/aromatic N) is 3. The van der Waals surface area contributed by atoms with Crippen LogP contribution in [0.4, 0.5) is 10.8 Å². The molecule has 0 spiro atoms. The number of hydrogen-bond acceptors (Lipinski definition) is 6. The predicted octanol–water partition coefficient (Wildman–Crippen LogP) is 4.19. The average Bonchev–Trinajstić information content (AvgIpc) is 3.13. The van der Waals surface area contributed by atoms with Crippen molar-refractivity contribution in [2.75, 3.05) is 5.32 Å². The highest BCUT2D eigenvalue weighted by Crippen LogP contribution is 2.22. The second-order valence-electron chi connectivity index (χ2n) is 5.77. The van der Waals surface area contributed by atoms with E-state index in [-0.39, 0.29) is 11.3 Å². The van der Waals surface area contributed by atoms with Gasteiger partial charge in [-0.3, -0.25) is 20.2 Å². The molecule has 3 rings (SSSR count). The fourth-order valence-corrected chi connectivity index (χ4v) is 3.26. The van der Waals surface area contributed by atoms with Gasteiger partial charge < -0.3 is 0 Å². The molecule has 0 fully saturated rings. The van der Waals surface area contributed by atoms with Crippen LogP contribution in [0.3, 0.4) is 0 Å². The van der Waals surface area contributed by atoms with Crippen molar-refractivity contribution < 1.29 is 9.72 Å². The summed E-state index contributed by atoms with van der Waals surface area (Å²) in [6, 6.07) is 17.3. The van der Waals surface area contributed by atoms with Crippen LogP contribution in [-0.4, -0.2) is 15.8 Å². The fourth-order valence-electron chi connectivity index (χ4n) is 2.42. The van der Waals surface area contributed by atoms with Crippen LogP contribution < -0.4 is 5.32 Å². The van der Waals surface area contributed by atoms with Crippen molar-refractivity contribution in [1.29, 1.82) is 5.26 Å². The van der Waals surface area contributed by atoms with Gasteiger partial charge in [0.1, 0.15) is 11.6 Å². The highest BCUT2D eigenvalue weighted by molar-refractivity contribution is 7.15. The van der Waals surface area contributed by atoms with Crippen LogP contribution in [0.2, 0.25) is 0 Å². The Hall–Kier alpha value is -3.83. The smallest absolute Gasteiger partial charge is 0.269 e. The van der Waals surface area contributed by atoms with E-state index in [1.54, 1.807) is 6.20 Å². The summed E-state index contributed by atoms with van der Waals surface area (Å²) in [7, 11) is 0. The first-order chi connectivity index (χ1) is 13.5. The molecule has 0 atom stereocenters. The summed E-state index contributed by atoms with van der Waals surface area (Å²) >= 11 is 1.34. The van der Waals surface area contributed by atoms with E-state index < -0.39 is 10.8 Å².